The van der Waals surface area contributed by atoms with E-state index >= 15 is 0 Å². The van der Waals surface area contributed by atoms with Gasteiger partial charge >= 0.3 is 5.97 Å². The Morgan fingerprint density at radius 2 is 2.00 bits per heavy atom. The van der Waals surface area contributed by atoms with E-state index in [1.165, 1.54) is 24.3 Å². The van der Waals surface area contributed by atoms with Crippen LogP contribution in [0, 0.1) is 10.1 Å². The summed E-state index contributed by atoms with van der Waals surface area (Å²) in [6.45, 7) is 1.81. The molecule has 0 aromatic heterocycles. The molecular formula is C11H10Br3NO4. The Balaban J connectivity index is 2.85. The normalized spacial score (nSPS) is 15.4. The molecule has 2 unspecified atom stereocenters. The molecule has 0 radical (unpaired) electrons. The van der Waals surface area contributed by atoms with Crippen molar-refractivity contribution in [3.63, 3.8) is 0 Å². The number of hydrogen-bond acceptors (Lipinski definition) is 4. The molecular weight excluding hydrogens is 450 g/mol. The van der Waals surface area contributed by atoms with Gasteiger partial charge in [-0.05, 0) is 12.1 Å². The highest BCUT2D eigenvalue weighted by Gasteiger charge is 2.41. The lowest BCUT2D eigenvalue weighted by atomic mass is 10.1. The Morgan fingerprint density at radius 3 is 2.37 bits per heavy atom. The van der Waals surface area contributed by atoms with E-state index in [-0.39, 0.29) is 16.3 Å². The van der Waals surface area contributed by atoms with E-state index in [9.17, 15) is 14.9 Å². The predicted molar refractivity (Wildman–Crippen MR) is 82.6 cm³/mol. The fraction of sp³-hybridized carbons (Fsp3) is 0.364. The summed E-state index contributed by atoms with van der Waals surface area (Å²) in [5.74, 6) is -0.226. The van der Waals surface area contributed by atoms with Crippen LogP contribution in [0.25, 0.3) is 0 Å². The van der Waals surface area contributed by atoms with Gasteiger partial charge in [0.05, 0.1) is 4.92 Å². The van der Waals surface area contributed by atoms with Crippen LogP contribution in [-0.4, -0.2) is 25.4 Å². The van der Waals surface area contributed by atoms with Gasteiger partial charge in [0.1, 0.15) is 10.1 Å². The Bertz CT molecular complexity index is 477. The smallest absolute Gasteiger partial charge is 0.330 e. The van der Waals surface area contributed by atoms with Crippen LogP contribution >= 0.6 is 47.8 Å². The second kappa shape index (κ2) is 6.81. The number of carbonyl (C=O) groups is 1. The highest BCUT2D eigenvalue weighted by Crippen LogP contribution is 2.32. The average molecular weight is 460 g/mol. The van der Waals surface area contributed by atoms with E-state index in [1.54, 1.807) is 0 Å². The van der Waals surface area contributed by atoms with Crippen LogP contribution in [0.5, 0.6) is 5.75 Å². The molecule has 0 N–H and O–H groups in total. The van der Waals surface area contributed by atoms with Gasteiger partial charge in [0.15, 0.2) is 0 Å². The van der Waals surface area contributed by atoms with E-state index in [2.05, 4.69) is 47.8 Å². The highest BCUT2D eigenvalue weighted by molar-refractivity contribution is 9.14. The standard InChI is InChI=1S/C11H10Br3NO4/c1-7(13)11(14,6-12)10(16)19-9-4-2-8(3-5-9)15(17)18/h2-5,7H,6H2,1H3. The summed E-state index contributed by atoms with van der Waals surface area (Å²) in [5, 5.41) is 10.9. The SMILES string of the molecule is CC(Br)C(Br)(CBr)C(=O)Oc1ccc([N+](=O)[O-])cc1. The number of nitro groups is 1. The van der Waals surface area contributed by atoms with Crippen molar-refractivity contribution in [2.45, 2.75) is 16.1 Å². The number of halogens is 3. The molecule has 19 heavy (non-hydrogen) atoms. The first-order valence-electron chi connectivity index (χ1n) is 5.17. The van der Waals surface area contributed by atoms with Crippen molar-refractivity contribution in [1.82, 2.24) is 0 Å². The second-order valence-electron chi connectivity index (χ2n) is 3.75. The lowest BCUT2D eigenvalue weighted by Crippen LogP contribution is -2.44. The van der Waals surface area contributed by atoms with Gasteiger partial charge in [0.2, 0.25) is 0 Å². The van der Waals surface area contributed by atoms with Gasteiger partial charge in [-0.3, -0.25) is 14.9 Å². The molecule has 0 saturated carbocycles. The molecule has 0 spiro atoms. The lowest BCUT2D eigenvalue weighted by molar-refractivity contribution is -0.384. The Morgan fingerprint density at radius 1 is 1.47 bits per heavy atom. The van der Waals surface area contributed by atoms with Crippen molar-refractivity contribution in [2.24, 2.45) is 0 Å². The zero-order valence-electron chi connectivity index (χ0n) is 9.81. The van der Waals surface area contributed by atoms with Gasteiger partial charge < -0.3 is 4.74 Å². The van der Waals surface area contributed by atoms with E-state index in [0.29, 0.717) is 5.33 Å². The molecule has 0 amide bonds. The molecule has 1 rings (SSSR count). The number of esters is 1. The average Bonchev–Trinajstić information content (AvgIpc) is 2.37. The molecule has 5 nitrogen and oxygen atoms in total. The first-order valence-corrected chi connectivity index (χ1v) is 8.00. The van der Waals surface area contributed by atoms with Crippen molar-refractivity contribution in [3.05, 3.63) is 34.4 Å². The minimum absolute atomic E-state index is 0.0562. The monoisotopic (exact) mass is 457 g/mol. The fourth-order valence-electron chi connectivity index (χ4n) is 1.15. The quantitative estimate of drug-likeness (QED) is 0.221. The van der Waals surface area contributed by atoms with Crippen molar-refractivity contribution >= 4 is 59.4 Å². The number of non-ortho nitro benzene ring substituents is 1. The second-order valence-corrected chi connectivity index (χ2v) is 7.10. The zero-order valence-corrected chi connectivity index (χ0v) is 14.6. The van der Waals surface area contributed by atoms with Gasteiger partial charge in [-0.15, -0.1) is 0 Å². The highest BCUT2D eigenvalue weighted by atomic mass is 79.9. The molecule has 8 heteroatoms. The van der Waals surface area contributed by atoms with Crippen molar-refractivity contribution in [2.75, 3.05) is 5.33 Å². The number of benzene rings is 1. The minimum Gasteiger partial charge on any atom is -0.425 e. The minimum atomic E-state index is -0.908. The maximum Gasteiger partial charge on any atom is 0.330 e. The summed E-state index contributed by atoms with van der Waals surface area (Å²) in [5.41, 5.74) is -0.0562. The van der Waals surface area contributed by atoms with Crippen LogP contribution in [0.2, 0.25) is 0 Å². The lowest BCUT2D eigenvalue weighted by Gasteiger charge is -2.25. The third-order valence-electron chi connectivity index (χ3n) is 2.42. The summed E-state index contributed by atoms with van der Waals surface area (Å²) < 4.78 is 4.29. The first kappa shape index (κ1) is 16.6. The molecule has 0 aliphatic rings. The van der Waals surface area contributed by atoms with Gasteiger partial charge in [-0.1, -0.05) is 54.7 Å². The topological polar surface area (TPSA) is 69.4 Å². The molecule has 1 aromatic rings. The van der Waals surface area contributed by atoms with Gasteiger partial charge in [0.25, 0.3) is 5.69 Å². The molecule has 0 fully saturated rings. The Hall–Kier alpha value is -0.470. The van der Waals surface area contributed by atoms with Crippen molar-refractivity contribution in [1.29, 1.82) is 0 Å². The van der Waals surface area contributed by atoms with Crippen LogP contribution in [0.1, 0.15) is 6.92 Å². The Labute approximate surface area is 135 Å². The van der Waals surface area contributed by atoms with E-state index in [4.69, 9.17) is 4.74 Å². The first-order chi connectivity index (χ1) is 8.81. The number of rotatable bonds is 5. The van der Waals surface area contributed by atoms with E-state index < -0.39 is 15.2 Å². The number of hydrogen-bond donors (Lipinski definition) is 0. The number of ether oxygens (including phenoxy) is 1. The van der Waals surface area contributed by atoms with Crippen LogP contribution in [0.3, 0.4) is 0 Å². The van der Waals surface area contributed by atoms with Crippen LogP contribution in [-0.2, 0) is 4.79 Å². The number of nitro benzene ring substituents is 1. The summed E-state index contributed by atoms with van der Waals surface area (Å²) >= 11 is 9.92. The molecule has 0 heterocycles. The molecule has 104 valence electrons. The largest absolute Gasteiger partial charge is 0.425 e. The molecule has 0 aliphatic heterocycles. The number of carbonyl (C=O) groups excluding carboxylic acids is 1. The predicted octanol–water partition coefficient (Wildman–Crippen LogP) is 3.81. The Kier molecular flexibility index (Phi) is 5.94. The molecule has 0 saturated heterocycles. The van der Waals surface area contributed by atoms with Crippen LogP contribution in [0.4, 0.5) is 5.69 Å². The summed E-state index contributed by atoms with van der Waals surface area (Å²) in [4.78, 5) is 21.9. The summed E-state index contributed by atoms with van der Waals surface area (Å²) in [7, 11) is 0. The molecule has 0 aliphatic carbocycles. The molecule has 1 aromatic carbocycles. The molecule has 2 atom stereocenters. The maximum atomic E-state index is 12.1. The van der Waals surface area contributed by atoms with Gasteiger partial charge in [-0.25, -0.2) is 0 Å². The van der Waals surface area contributed by atoms with E-state index in [1.807, 2.05) is 6.92 Å². The van der Waals surface area contributed by atoms with Gasteiger partial charge in [-0.2, -0.15) is 0 Å². The summed E-state index contributed by atoms with van der Waals surface area (Å²) in [6, 6.07) is 5.33. The fourth-order valence-corrected chi connectivity index (χ4v) is 2.73. The third kappa shape index (κ3) is 4.00. The maximum absolute atomic E-state index is 12.1. The number of nitrogens with zero attached hydrogens (tertiary/aromatic N) is 1. The summed E-state index contributed by atoms with van der Waals surface area (Å²) in [6.07, 6.45) is 0. The number of alkyl halides is 3. The van der Waals surface area contributed by atoms with Crippen LogP contribution < -0.4 is 4.74 Å². The van der Waals surface area contributed by atoms with Crippen molar-refractivity contribution < 1.29 is 14.5 Å². The molecule has 0 bridgehead atoms. The van der Waals surface area contributed by atoms with Gasteiger partial charge in [0, 0.05) is 22.3 Å². The van der Waals surface area contributed by atoms with E-state index in [0.717, 1.165) is 0 Å². The van der Waals surface area contributed by atoms with Crippen LogP contribution in [0.15, 0.2) is 24.3 Å². The van der Waals surface area contributed by atoms with Crippen molar-refractivity contribution in [3.8, 4) is 5.75 Å². The third-order valence-corrected chi connectivity index (χ3v) is 6.75. The zero-order chi connectivity index (χ0) is 14.6.